The second-order valence-corrected chi connectivity index (χ2v) is 10.8. The first kappa shape index (κ1) is 27.5. The van der Waals surface area contributed by atoms with Gasteiger partial charge >= 0.3 is 18.4 Å². The van der Waals surface area contributed by atoms with E-state index in [0.717, 1.165) is 4.90 Å². The van der Waals surface area contributed by atoms with Crippen molar-refractivity contribution < 1.29 is 45.0 Å². The number of rotatable bonds is 4. The first-order valence-electron chi connectivity index (χ1n) is 12.5. The van der Waals surface area contributed by atoms with Crippen molar-refractivity contribution in [2.75, 3.05) is 29.9 Å². The summed E-state index contributed by atoms with van der Waals surface area (Å²) < 4.78 is 108. The fraction of sp³-hybridized carbons (Fsp3) is 0.565. The maximum atomic E-state index is 13.4. The number of nitrogens with one attached hydrogen (secondary N) is 2. The van der Waals surface area contributed by atoms with Crippen LogP contribution in [0.4, 0.5) is 51.4 Å². The van der Waals surface area contributed by atoms with Gasteiger partial charge in [0.15, 0.2) is 11.4 Å². The first-order chi connectivity index (χ1) is 19.0. The van der Waals surface area contributed by atoms with Crippen LogP contribution in [0.2, 0.25) is 0 Å². The van der Waals surface area contributed by atoms with Crippen LogP contribution < -0.4 is 10.2 Å². The average molecular weight is 594 g/mol. The van der Waals surface area contributed by atoms with Gasteiger partial charge in [-0.05, 0) is 18.9 Å². The summed E-state index contributed by atoms with van der Waals surface area (Å²) in [5.41, 5.74) is -3.92. The molecule has 0 radical (unpaired) electrons. The van der Waals surface area contributed by atoms with E-state index in [1.165, 1.54) is 23.4 Å². The smallest absolute Gasteiger partial charge is 0.380 e. The summed E-state index contributed by atoms with van der Waals surface area (Å²) in [6, 6.07) is 0.504. The molecule has 18 heteroatoms. The Kier molecular flexibility index (Phi) is 5.80. The number of anilines is 2. The van der Waals surface area contributed by atoms with Crippen molar-refractivity contribution in [1.82, 2.24) is 29.9 Å². The van der Waals surface area contributed by atoms with Crippen LogP contribution >= 0.6 is 0 Å². The molecule has 10 nitrogen and oxygen atoms in total. The molecule has 2 aliphatic heterocycles. The summed E-state index contributed by atoms with van der Waals surface area (Å²) in [5.74, 6) is -3.07. The number of pyridine rings is 1. The number of carbonyl (C=O) groups excluding carboxylic acids is 1. The van der Waals surface area contributed by atoms with Crippen molar-refractivity contribution in [3.63, 3.8) is 0 Å². The van der Waals surface area contributed by atoms with Crippen LogP contribution in [-0.2, 0) is 6.54 Å². The molecule has 1 aliphatic carbocycles. The van der Waals surface area contributed by atoms with Gasteiger partial charge in [-0.1, -0.05) is 0 Å². The maximum Gasteiger partial charge on any atom is 0.417 e. The highest BCUT2D eigenvalue weighted by Gasteiger charge is 2.65. The molecule has 3 aromatic rings. The molecule has 6 rings (SSSR count). The Labute approximate surface area is 225 Å². The fourth-order valence-corrected chi connectivity index (χ4v) is 5.55. The molecule has 3 fully saturated rings. The maximum absolute atomic E-state index is 13.4. The monoisotopic (exact) mass is 594 g/mol. The van der Waals surface area contributed by atoms with E-state index in [0.29, 0.717) is 4.68 Å². The van der Waals surface area contributed by atoms with Crippen molar-refractivity contribution in [3.8, 4) is 11.4 Å². The first-order valence-corrected chi connectivity index (χ1v) is 12.5. The summed E-state index contributed by atoms with van der Waals surface area (Å²) in [4.78, 5) is 19.8. The second-order valence-electron chi connectivity index (χ2n) is 10.8. The van der Waals surface area contributed by atoms with E-state index in [1.54, 1.807) is 0 Å². The number of urea groups is 1. The number of aromatic nitrogens is 5. The van der Waals surface area contributed by atoms with E-state index in [1.807, 2.05) is 0 Å². The summed E-state index contributed by atoms with van der Waals surface area (Å²) in [6.07, 6.45) is -7.91. The number of fused-ring (bicyclic) bond motifs is 1. The third kappa shape index (κ3) is 4.80. The van der Waals surface area contributed by atoms with E-state index in [4.69, 9.17) is 0 Å². The molecule has 1 atom stereocenters. The zero-order valence-corrected chi connectivity index (χ0v) is 21.0. The van der Waals surface area contributed by atoms with Crippen LogP contribution in [0.25, 0.3) is 22.3 Å². The standard InChI is InChI=1S/C23H22F8N8O2/c24-21(25)9-37(10-21)17-12-6-32-13(5-15(12)39(36-17)11-22(26,27)28)16-14(7-33-35-16)34-18(40)38-4-3-20(41,23(29,30)31)8-19(38)1-2-19/h5-7,41H,1-4,8-11H2,(H,33,35)(H,34,40). The molecule has 3 aliphatic rings. The Morgan fingerprint density at radius 2 is 1.80 bits per heavy atom. The van der Waals surface area contributed by atoms with Gasteiger partial charge in [0.2, 0.25) is 0 Å². The average Bonchev–Trinajstić information content (AvgIpc) is 3.27. The highest BCUT2D eigenvalue weighted by Crippen LogP contribution is 2.55. The van der Waals surface area contributed by atoms with E-state index in [9.17, 15) is 45.0 Å². The number of hydrogen-bond donors (Lipinski definition) is 3. The van der Waals surface area contributed by atoms with Gasteiger partial charge in [-0.15, -0.1) is 0 Å². The van der Waals surface area contributed by atoms with Gasteiger partial charge in [-0.25, -0.2) is 13.6 Å². The van der Waals surface area contributed by atoms with Crippen LogP contribution in [0.15, 0.2) is 18.5 Å². The number of halogens is 8. The third-order valence-electron chi connectivity index (χ3n) is 7.77. The Morgan fingerprint density at radius 3 is 2.41 bits per heavy atom. The fourth-order valence-electron chi connectivity index (χ4n) is 5.55. The van der Waals surface area contributed by atoms with Crippen LogP contribution in [0.3, 0.4) is 0 Å². The van der Waals surface area contributed by atoms with Crippen molar-refractivity contribution in [2.45, 2.75) is 61.6 Å². The number of amides is 2. The molecule has 1 saturated carbocycles. The minimum Gasteiger partial charge on any atom is -0.380 e. The van der Waals surface area contributed by atoms with Gasteiger partial charge in [0, 0.05) is 31.1 Å². The Hall–Kier alpha value is -3.70. The number of aliphatic hydroxyl groups is 1. The minimum atomic E-state index is -4.85. The van der Waals surface area contributed by atoms with Crippen LogP contribution in [0, 0.1) is 0 Å². The highest BCUT2D eigenvalue weighted by atomic mass is 19.4. The zero-order valence-electron chi connectivity index (χ0n) is 21.0. The molecule has 1 unspecified atom stereocenters. The molecular formula is C23H22F8N8O2. The summed E-state index contributed by atoms with van der Waals surface area (Å²) in [6.45, 7) is -3.26. The molecule has 1 spiro atoms. The molecular weight excluding hydrogens is 572 g/mol. The SMILES string of the molecule is O=C(Nc1cn[nH]c1-c1cc2c(cn1)c(N1CC(F)(F)C1)nn2CC(F)(F)F)N1CCC(O)(C(F)(F)F)CC12CC2. The molecule has 0 aromatic carbocycles. The lowest BCUT2D eigenvalue weighted by atomic mass is 9.84. The number of hydrogen-bond acceptors (Lipinski definition) is 6. The number of likely N-dealkylation sites (tertiary alicyclic amines) is 1. The summed E-state index contributed by atoms with van der Waals surface area (Å²) in [7, 11) is 0. The summed E-state index contributed by atoms with van der Waals surface area (Å²) >= 11 is 0. The number of alkyl halides is 8. The zero-order chi connectivity index (χ0) is 29.6. The highest BCUT2D eigenvalue weighted by molar-refractivity contribution is 5.96. The van der Waals surface area contributed by atoms with E-state index < -0.39 is 67.9 Å². The van der Waals surface area contributed by atoms with Gasteiger partial charge < -0.3 is 20.2 Å². The summed E-state index contributed by atoms with van der Waals surface area (Å²) in [5, 5.41) is 23.2. The van der Waals surface area contributed by atoms with Gasteiger partial charge in [-0.3, -0.25) is 14.8 Å². The Morgan fingerprint density at radius 1 is 1.10 bits per heavy atom. The van der Waals surface area contributed by atoms with Crippen molar-refractivity contribution in [3.05, 3.63) is 18.5 Å². The molecule has 5 heterocycles. The Balaban J connectivity index is 1.27. The van der Waals surface area contributed by atoms with Gasteiger partial charge in [0.05, 0.1) is 41.6 Å². The molecule has 0 bridgehead atoms. The van der Waals surface area contributed by atoms with Crippen LogP contribution in [0.5, 0.6) is 0 Å². The van der Waals surface area contributed by atoms with Crippen molar-refractivity contribution in [1.29, 1.82) is 0 Å². The lowest BCUT2D eigenvalue weighted by Gasteiger charge is -2.45. The molecule has 3 aromatic heterocycles. The molecule has 2 saturated heterocycles. The topological polar surface area (TPSA) is 115 Å². The predicted octanol–water partition coefficient (Wildman–Crippen LogP) is 4.29. The van der Waals surface area contributed by atoms with Crippen LogP contribution in [-0.4, -0.2) is 90.0 Å². The second kappa shape index (κ2) is 8.65. The minimum absolute atomic E-state index is 0.0420. The lowest BCUT2D eigenvalue weighted by Crippen LogP contribution is -2.60. The molecule has 3 N–H and O–H groups in total. The van der Waals surface area contributed by atoms with Gasteiger partial charge in [0.1, 0.15) is 12.2 Å². The molecule has 2 amide bonds. The normalized spacial score (nSPS) is 23.6. The van der Waals surface area contributed by atoms with E-state index in [2.05, 4.69) is 25.6 Å². The lowest BCUT2D eigenvalue weighted by molar-refractivity contribution is -0.277. The van der Waals surface area contributed by atoms with Gasteiger partial charge in [0.25, 0.3) is 5.92 Å². The number of carbonyl (C=O) groups is 1. The quantitative estimate of drug-likeness (QED) is 0.389. The predicted molar refractivity (Wildman–Crippen MR) is 126 cm³/mol. The van der Waals surface area contributed by atoms with Crippen molar-refractivity contribution >= 4 is 28.4 Å². The van der Waals surface area contributed by atoms with Crippen LogP contribution in [0.1, 0.15) is 25.7 Å². The van der Waals surface area contributed by atoms with E-state index in [-0.39, 0.29) is 53.2 Å². The number of nitrogens with zero attached hydrogens (tertiary/aromatic N) is 6. The molecule has 41 heavy (non-hydrogen) atoms. The molecule has 222 valence electrons. The van der Waals surface area contributed by atoms with E-state index >= 15 is 0 Å². The number of aromatic amines is 1. The number of H-pyrrole nitrogens is 1. The number of piperidine rings is 1. The Bertz CT molecular complexity index is 1500. The third-order valence-corrected chi connectivity index (χ3v) is 7.77. The largest absolute Gasteiger partial charge is 0.417 e. The van der Waals surface area contributed by atoms with Gasteiger partial charge in [-0.2, -0.15) is 36.5 Å². The van der Waals surface area contributed by atoms with Crippen molar-refractivity contribution in [2.24, 2.45) is 0 Å².